The molecule has 0 atom stereocenters. The zero-order valence-corrected chi connectivity index (χ0v) is 9.82. The van der Waals surface area contributed by atoms with Gasteiger partial charge in [-0.3, -0.25) is 9.82 Å². The molecule has 7 nitrogen and oxygen atoms in total. The third kappa shape index (κ3) is 2.36. The van der Waals surface area contributed by atoms with E-state index in [0.29, 0.717) is 11.4 Å². The highest BCUT2D eigenvalue weighted by Crippen LogP contribution is 2.16. The van der Waals surface area contributed by atoms with Gasteiger partial charge in [0, 0.05) is 0 Å². The summed E-state index contributed by atoms with van der Waals surface area (Å²) in [7, 11) is -3.66. The number of nitrogens with zero attached hydrogens (tertiary/aromatic N) is 2. The van der Waals surface area contributed by atoms with Gasteiger partial charge in [0.15, 0.2) is 0 Å². The number of sulfonamides is 1. The average molecular weight is 253 g/mol. The van der Waals surface area contributed by atoms with Crippen molar-refractivity contribution in [2.75, 3.05) is 10.5 Å². The fraction of sp³-hybridized carbons (Fsp3) is 0.111. The number of aromatic nitrogens is 3. The normalized spacial score (nSPS) is 11.4. The van der Waals surface area contributed by atoms with Gasteiger partial charge in [0.2, 0.25) is 0 Å². The molecule has 0 radical (unpaired) electrons. The Balaban J connectivity index is 2.30. The Morgan fingerprint density at radius 3 is 2.65 bits per heavy atom. The molecule has 2 heterocycles. The van der Waals surface area contributed by atoms with Crippen molar-refractivity contribution >= 4 is 21.5 Å². The first-order valence-electron chi connectivity index (χ1n) is 4.73. The van der Waals surface area contributed by atoms with Gasteiger partial charge < -0.3 is 5.73 Å². The monoisotopic (exact) mass is 253 g/mol. The molecule has 0 aromatic carbocycles. The lowest BCUT2D eigenvalue weighted by atomic mass is 10.4. The van der Waals surface area contributed by atoms with E-state index in [-0.39, 0.29) is 10.7 Å². The highest BCUT2D eigenvalue weighted by atomic mass is 32.2. The Morgan fingerprint density at radius 2 is 2.12 bits per heavy atom. The van der Waals surface area contributed by atoms with E-state index in [1.165, 1.54) is 18.5 Å². The first kappa shape index (κ1) is 11.4. The van der Waals surface area contributed by atoms with Crippen LogP contribution in [-0.4, -0.2) is 23.6 Å². The molecule has 8 heteroatoms. The molecule has 2 rings (SSSR count). The highest BCUT2D eigenvalue weighted by Gasteiger charge is 2.18. The van der Waals surface area contributed by atoms with Crippen molar-refractivity contribution in [2.45, 2.75) is 11.8 Å². The van der Waals surface area contributed by atoms with Crippen molar-refractivity contribution in [3.05, 3.63) is 30.2 Å². The SMILES string of the molecule is Cc1[nH]ncc1S(=O)(=O)Nc1ccc(N)cn1. The van der Waals surface area contributed by atoms with Gasteiger partial charge in [0.25, 0.3) is 10.0 Å². The molecule has 2 aromatic heterocycles. The van der Waals surface area contributed by atoms with Gasteiger partial charge in [-0.25, -0.2) is 13.4 Å². The summed E-state index contributed by atoms with van der Waals surface area (Å²) in [5.41, 5.74) is 6.39. The molecule has 0 saturated heterocycles. The summed E-state index contributed by atoms with van der Waals surface area (Å²) in [6.45, 7) is 1.62. The molecule has 0 aliphatic rings. The number of aromatic amines is 1. The van der Waals surface area contributed by atoms with Crippen molar-refractivity contribution in [3.8, 4) is 0 Å². The Morgan fingerprint density at radius 1 is 1.35 bits per heavy atom. The van der Waals surface area contributed by atoms with Crippen molar-refractivity contribution < 1.29 is 8.42 Å². The Labute approximate surface area is 98.1 Å². The minimum atomic E-state index is -3.66. The fourth-order valence-electron chi connectivity index (χ4n) is 1.27. The van der Waals surface area contributed by atoms with Gasteiger partial charge in [-0.2, -0.15) is 5.10 Å². The largest absolute Gasteiger partial charge is 0.397 e. The number of rotatable bonds is 3. The third-order valence-corrected chi connectivity index (χ3v) is 3.57. The average Bonchev–Trinajstić information content (AvgIpc) is 2.68. The van der Waals surface area contributed by atoms with E-state index < -0.39 is 10.0 Å². The first-order chi connectivity index (χ1) is 7.99. The number of anilines is 2. The summed E-state index contributed by atoms with van der Waals surface area (Å²) < 4.78 is 26.2. The minimum absolute atomic E-state index is 0.0936. The summed E-state index contributed by atoms with van der Waals surface area (Å²) >= 11 is 0. The molecule has 0 fully saturated rings. The molecule has 0 unspecified atom stereocenters. The van der Waals surface area contributed by atoms with E-state index in [0.717, 1.165) is 0 Å². The molecule has 2 aromatic rings. The van der Waals surface area contributed by atoms with Crippen LogP contribution in [0.15, 0.2) is 29.4 Å². The summed E-state index contributed by atoms with van der Waals surface area (Å²) in [5, 5.41) is 6.22. The van der Waals surface area contributed by atoms with Gasteiger partial charge in [-0.15, -0.1) is 0 Å². The van der Waals surface area contributed by atoms with Crippen molar-refractivity contribution in [1.82, 2.24) is 15.2 Å². The number of H-pyrrole nitrogens is 1. The lowest BCUT2D eigenvalue weighted by molar-refractivity contribution is 0.600. The van der Waals surface area contributed by atoms with E-state index in [4.69, 9.17) is 5.73 Å². The number of aryl methyl sites for hydroxylation is 1. The predicted molar refractivity (Wildman–Crippen MR) is 62.8 cm³/mol. The van der Waals surface area contributed by atoms with Gasteiger partial charge in [0.1, 0.15) is 10.7 Å². The molecule has 4 N–H and O–H groups in total. The molecule has 0 aliphatic carbocycles. The smallest absolute Gasteiger partial charge is 0.266 e. The second-order valence-electron chi connectivity index (χ2n) is 3.44. The van der Waals surface area contributed by atoms with E-state index in [1.54, 1.807) is 13.0 Å². The fourth-order valence-corrected chi connectivity index (χ4v) is 2.42. The van der Waals surface area contributed by atoms with Crippen LogP contribution in [0.5, 0.6) is 0 Å². The van der Waals surface area contributed by atoms with E-state index in [1.807, 2.05) is 0 Å². The summed E-state index contributed by atoms with van der Waals surface area (Å²) in [4.78, 5) is 3.95. The van der Waals surface area contributed by atoms with Crippen molar-refractivity contribution in [3.63, 3.8) is 0 Å². The van der Waals surface area contributed by atoms with Crippen LogP contribution in [0.4, 0.5) is 11.5 Å². The number of nitrogens with two attached hydrogens (primary N) is 1. The maximum Gasteiger partial charge on any atom is 0.266 e. The number of pyridine rings is 1. The van der Waals surface area contributed by atoms with Crippen LogP contribution < -0.4 is 10.5 Å². The van der Waals surface area contributed by atoms with Crippen molar-refractivity contribution in [1.29, 1.82) is 0 Å². The molecule has 0 saturated carbocycles. The minimum Gasteiger partial charge on any atom is -0.397 e. The standard InChI is InChI=1S/C9H11N5O2S/c1-6-8(5-12-13-6)17(15,16)14-9-3-2-7(10)4-11-9/h2-5H,10H2,1H3,(H,11,14)(H,12,13). The van der Waals surface area contributed by atoms with Crippen molar-refractivity contribution in [2.24, 2.45) is 0 Å². The Bertz CT molecular complexity index is 617. The highest BCUT2D eigenvalue weighted by molar-refractivity contribution is 7.92. The van der Waals surface area contributed by atoms with Gasteiger partial charge in [0.05, 0.1) is 23.8 Å². The molecule has 0 amide bonds. The maximum atomic E-state index is 11.9. The Kier molecular flexibility index (Phi) is 2.72. The summed E-state index contributed by atoms with van der Waals surface area (Å²) in [5.74, 6) is 0.208. The maximum absolute atomic E-state index is 11.9. The zero-order chi connectivity index (χ0) is 12.5. The molecule has 0 aliphatic heterocycles. The third-order valence-electron chi connectivity index (χ3n) is 2.10. The number of hydrogen-bond acceptors (Lipinski definition) is 5. The van der Waals surface area contributed by atoms with E-state index in [9.17, 15) is 8.42 Å². The van der Waals surface area contributed by atoms with Crippen LogP contribution in [0.2, 0.25) is 0 Å². The van der Waals surface area contributed by atoms with Crippen LogP contribution in [0, 0.1) is 6.92 Å². The second kappa shape index (κ2) is 4.06. The first-order valence-corrected chi connectivity index (χ1v) is 6.22. The van der Waals surface area contributed by atoms with Crippen LogP contribution >= 0.6 is 0 Å². The van der Waals surface area contributed by atoms with Gasteiger partial charge in [-0.05, 0) is 19.1 Å². The zero-order valence-electron chi connectivity index (χ0n) is 9.01. The van der Waals surface area contributed by atoms with Gasteiger partial charge in [-0.1, -0.05) is 0 Å². The molecule has 0 bridgehead atoms. The van der Waals surface area contributed by atoms with Crippen LogP contribution in [0.3, 0.4) is 0 Å². The second-order valence-corrected chi connectivity index (χ2v) is 5.09. The number of nitrogen functional groups attached to an aromatic ring is 1. The molecule has 90 valence electrons. The predicted octanol–water partition coefficient (Wildman–Crippen LogP) is 0.496. The quantitative estimate of drug-likeness (QED) is 0.736. The van der Waals surface area contributed by atoms with E-state index in [2.05, 4.69) is 19.9 Å². The number of hydrogen-bond donors (Lipinski definition) is 3. The molecule has 0 spiro atoms. The van der Waals surface area contributed by atoms with Crippen LogP contribution in [-0.2, 0) is 10.0 Å². The van der Waals surface area contributed by atoms with Crippen LogP contribution in [0.25, 0.3) is 0 Å². The van der Waals surface area contributed by atoms with Crippen LogP contribution in [0.1, 0.15) is 5.69 Å². The molecular weight excluding hydrogens is 242 g/mol. The lowest BCUT2D eigenvalue weighted by Crippen LogP contribution is -2.14. The number of nitrogens with one attached hydrogen (secondary N) is 2. The molecular formula is C9H11N5O2S. The van der Waals surface area contributed by atoms with E-state index >= 15 is 0 Å². The summed E-state index contributed by atoms with van der Waals surface area (Å²) in [6, 6.07) is 3.05. The van der Waals surface area contributed by atoms with Gasteiger partial charge >= 0.3 is 0 Å². The lowest BCUT2D eigenvalue weighted by Gasteiger charge is -2.05. The topological polar surface area (TPSA) is 114 Å². The Hall–Kier alpha value is -2.09. The molecule has 17 heavy (non-hydrogen) atoms. The summed E-state index contributed by atoms with van der Waals surface area (Å²) in [6.07, 6.45) is 2.62.